The summed E-state index contributed by atoms with van der Waals surface area (Å²) in [6, 6.07) is 1.04. The van der Waals surface area contributed by atoms with Crippen molar-refractivity contribution in [1.29, 1.82) is 0 Å². The lowest BCUT2D eigenvalue weighted by atomic mass is 9.67. The van der Waals surface area contributed by atoms with Crippen molar-refractivity contribution in [2.24, 2.45) is 21.8 Å². The van der Waals surface area contributed by atoms with Gasteiger partial charge in [-0.25, -0.2) is 24.9 Å². The van der Waals surface area contributed by atoms with E-state index in [-0.39, 0.29) is 68.2 Å². The molecule has 402 valence electrons. The van der Waals surface area contributed by atoms with Crippen molar-refractivity contribution in [2.75, 3.05) is 40.3 Å². The molecule has 0 radical (unpaired) electrons. The highest BCUT2D eigenvalue weighted by Gasteiger charge is 2.67. The van der Waals surface area contributed by atoms with E-state index in [2.05, 4.69) is 199 Å². The lowest BCUT2D eigenvalue weighted by molar-refractivity contribution is -0.239. The number of piperidine rings is 4. The zero-order valence-corrected chi connectivity index (χ0v) is 50.0. The zero-order chi connectivity index (χ0) is 52.0. The summed E-state index contributed by atoms with van der Waals surface area (Å²) in [5.41, 5.74) is -2.05. The van der Waals surface area contributed by atoms with E-state index >= 15 is 0 Å². The molecule has 0 amide bonds. The van der Waals surface area contributed by atoms with Crippen molar-refractivity contribution in [3.8, 4) is 0 Å². The number of hydrogen-bond acceptors (Lipinski definition) is 11. The van der Waals surface area contributed by atoms with Crippen LogP contribution in [-0.4, -0.2) is 150 Å². The average molecular weight is 987 g/mol. The first-order valence-corrected chi connectivity index (χ1v) is 28.8. The quantitative estimate of drug-likeness (QED) is 0.0541. The molecule has 4 fully saturated rings. The summed E-state index contributed by atoms with van der Waals surface area (Å²) in [4.78, 5) is 20.6. The van der Waals surface area contributed by atoms with E-state index in [1.54, 1.807) is 0 Å². The average Bonchev–Trinajstić information content (AvgIpc) is 3.18. The van der Waals surface area contributed by atoms with Crippen LogP contribution in [0.5, 0.6) is 0 Å². The Morgan fingerprint density at radius 3 is 1.22 bits per heavy atom. The SMILES string of the molecule is CCCCNC1CC(C)(C)N(N2C(C3C(NCCCC)CC(C)(C)N(C)C3(C)C)=NC(C3C(NCCCC)CC(C)(C)N(C)C3(C)C)=NC2(Cl)N2C(C)(C)CC(NCCCC)CC2(C)C)C(C)(C)C1. The van der Waals surface area contributed by atoms with Crippen LogP contribution in [0.3, 0.4) is 0 Å². The molecular weight excluding hydrogens is 874 g/mol. The first-order chi connectivity index (χ1) is 31.7. The van der Waals surface area contributed by atoms with Crippen LogP contribution in [0.2, 0.25) is 0 Å². The fraction of sp³-hybridized carbons (Fsp3) is 0.965. The summed E-state index contributed by atoms with van der Waals surface area (Å²) < 4.78 is 0. The van der Waals surface area contributed by atoms with Gasteiger partial charge in [0.05, 0.1) is 11.8 Å². The van der Waals surface area contributed by atoms with Gasteiger partial charge < -0.3 is 21.3 Å². The van der Waals surface area contributed by atoms with Gasteiger partial charge in [-0.15, -0.1) is 0 Å². The molecule has 12 heteroatoms. The first kappa shape index (κ1) is 59.0. The maximum Gasteiger partial charge on any atom is 0.287 e. The fourth-order valence-corrected chi connectivity index (χ4v) is 15.9. The maximum atomic E-state index is 9.28. The first-order valence-electron chi connectivity index (χ1n) is 28.4. The summed E-state index contributed by atoms with van der Waals surface area (Å²) in [5.74, 6) is 1.90. The van der Waals surface area contributed by atoms with Crippen molar-refractivity contribution in [3.63, 3.8) is 0 Å². The topological polar surface area (TPSA) is 89.0 Å². The summed E-state index contributed by atoms with van der Waals surface area (Å²) >= 11 is 9.28. The van der Waals surface area contributed by atoms with Gasteiger partial charge in [0.2, 0.25) is 0 Å². The minimum atomic E-state index is -1.37. The molecule has 0 aromatic heterocycles. The van der Waals surface area contributed by atoms with Crippen LogP contribution in [0.1, 0.15) is 228 Å². The number of nitrogens with one attached hydrogen (secondary N) is 4. The Morgan fingerprint density at radius 2 is 0.826 bits per heavy atom. The minimum absolute atomic E-state index is 0.0325. The van der Waals surface area contributed by atoms with E-state index in [9.17, 15) is 11.6 Å². The number of alkyl halides is 1. The molecule has 5 unspecified atom stereocenters. The Balaban J connectivity index is 1.93. The summed E-state index contributed by atoms with van der Waals surface area (Å²) in [6.07, 6.45) is 15.2. The van der Waals surface area contributed by atoms with Gasteiger partial charge in [-0.2, -0.15) is 0 Å². The molecular formula is C57H112ClN11. The Labute approximate surface area is 431 Å². The van der Waals surface area contributed by atoms with Crippen molar-refractivity contribution in [1.82, 2.24) is 46.0 Å². The van der Waals surface area contributed by atoms with Gasteiger partial charge in [-0.3, -0.25) is 9.80 Å². The molecule has 0 saturated carbocycles. The molecule has 5 atom stereocenters. The van der Waals surface area contributed by atoms with Gasteiger partial charge >= 0.3 is 0 Å². The molecule has 0 aromatic carbocycles. The van der Waals surface area contributed by atoms with Gasteiger partial charge in [-0.05, 0) is 215 Å². The van der Waals surface area contributed by atoms with Crippen LogP contribution < -0.4 is 21.3 Å². The highest BCUT2D eigenvalue weighted by molar-refractivity contribution is 6.26. The second-order valence-corrected chi connectivity index (χ2v) is 28.3. The summed E-state index contributed by atoms with van der Waals surface area (Å²) in [7, 11) is 4.70. The predicted octanol–water partition coefficient (Wildman–Crippen LogP) is 11.2. The molecule has 0 aliphatic carbocycles. The number of likely N-dealkylation sites (tertiary alicyclic amines) is 3. The molecule has 4 N–H and O–H groups in total. The lowest BCUT2D eigenvalue weighted by Crippen LogP contribution is -2.83. The number of amidine groups is 2. The zero-order valence-electron chi connectivity index (χ0n) is 49.2. The van der Waals surface area contributed by atoms with Gasteiger partial charge in [0.15, 0.2) is 0 Å². The third-order valence-electron chi connectivity index (χ3n) is 18.5. The molecule has 0 aromatic rings. The highest BCUT2D eigenvalue weighted by atomic mass is 35.5. The number of hydrogen-bond donors (Lipinski definition) is 4. The van der Waals surface area contributed by atoms with E-state index in [1.807, 2.05) is 0 Å². The standard InChI is InChI=1S/C57H112ClN11/c1-23-27-31-59-41-35-51(9,10)68(52(11,12)36-41)57(58)64-47(45-43(61-33-29-25-3)39-49(5,6)65(21)55(45,17)18)63-48(46-44(62-34-30-26-4)40-50(7,8)66(22)56(46,19)20)67(57)69-53(13,14)37-42(38-54(69,15)16)60-32-28-24-2/h41-46,59-62H,23-40H2,1-22H3. The molecule has 4 saturated heterocycles. The third-order valence-corrected chi connectivity index (χ3v) is 18.9. The Bertz CT molecular complexity index is 1710. The van der Waals surface area contributed by atoms with E-state index in [0.29, 0.717) is 12.1 Å². The molecule has 0 spiro atoms. The second-order valence-electron chi connectivity index (χ2n) is 27.8. The number of aliphatic imine (C=N–C) groups is 2. The molecule has 5 rings (SSSR count). The molecule has 11 nitrogen and oxygen atoms in total. The molecule has 69 heavy (non-hydrogen) atoms. The molecule has 0 bridgehead atoms. The van der Waals surface area contributed by atoms with Crippen molar-refractivity contribution < 1.29 is 0 Å². The number of nitrogens with zero attached hydrogens (tertiary/aromatic N) is 7. The van der Waals surface area contributed by atoms with Gasteiger partial charge in [0, 0.05) is 68.5 Å². The Hall–Kier alpha value is -0.890. The van der Waals surface area contributed by atoms with Crippen LogP contribution in [-0.2, 0) is 0 Å². The molecule has 5 aliphatic heterocycles. The minimum Gasteiger partial charge on any atom is -0.314 e. The van der Waals surface area contributed by atoms with Crippen LogP contribution in [0, 0.1) is 11.8 Å². The van der Waals surface area contributed by atoms with E-state index in [1.165, 1.54) is 25.7 Å². The van der Waals surface area contributed by atoms with Gasteiger partial charge in [-0.1, -0.05) is 65.0 Å². The van der Waals surface area contributed by atoms with Crippen molar-refractivity contribution >= 4 is 23.3 Å². The van der Waals surface area contributed by atoms with Crippen LogP contribution in [0.25, 0.3) is 0 Å². The van der Waals surface area contributed by atoms with Crippen LogP contribution in [0.4, 0.5) is 0 Å². The predicted molar refractivity (Wildman–Crippen MR) is 299 cm³/mol. The van der Waals surface area contributed by atoms with Crippen LogP contribution in [0.15, 0.2) is 9.98 Å². The van der Waals surface area contributed by atoms with Gasteiger partial charge in [0.25, 0.3) is 5.25 Å². The normalized spacial score (nSPS) is 32.8. The van der Waals surface area contributed by atoms with Gasteiger partial charge in [0.1, 0.15) is 11.7 Å². The van der Waals surface area contributed by atoms with E-state index in [4.69, 9.17) is 9.98 Å². The summed E-state index contributed by atoms with van der Waals surface area (Å²) in [6.45, 7) is 52.6. The largest absolute Gasteiger partial charge is 0.314 e. The smallest absolute Gasteiger partial charge is 0.287 e. The summed E-state index contributed by atoms with van der Waals surface area (Å²) in [5, 5.41) is 20.5. The van der Waals surface area contributed by atoms with Crippen molar-refractivity contribution in [3.05, 3.63) is 0 Å². The highest BCUT2D eigenvalue weighted by Crippen LogP contribution is 2.55. The molecule has 5 heterocycles. The number of rotatable bonds is 20. The number of hydrazine groups is 1. The van der Waals surface area contributed by atoms with Crippen LogP contribution >= 0.6 is 11.6 Å². The third kappa shape index (κ3) is 12.0. The molecule has 5 aliphatic rings. The Kier molecular flexibility index (Phi) is 18.6. The van der Waals surface area contributed by atoms with E-state index < -0.39 is 5.25 Å². The van der Waals surface area contributed by atoms with E-state index in [0.717, 1.165) is 102 Å². The Morgan fingerprint density at radius 1 is 0.478 bits per heavy atom. The number of halogens is 1. The monoisotopic (exact) mass is 986 g/mol. The fourth-order valence-electron chi connectivity index (χ4n) is 15.2. The second kappa shape index (κ2) is 21.8. The van der Waals surface area contributed by atoms with Crippen molar-refractivity contribution in [2.45, 2.75) is 302 Å². The lowest BCUT2D eigenvalue weighted by Gasteiger charge is -2.69. The number of unbranched alkanes of at least 4 members (excludes halogenated alkanes) is 4. The maximum absolute atomic E-state index is 9.28.